The lowest BCUT2D eigenvalue weighted by molar-refractivity contribution is 0.491. The molecule has 0 aliphatic carbocycles. The molecule has 2 heterocycles. The molecule has 0 bridgehead atoms. The van der Waals surface area contributed by atoms with Crippen LogP contribution in [0.1, 0.15) is 0 Å². The van der Waals surface area contributed by atoms with Crippen LogP contribution in [-0.2, 0) is 0 Å². The molecule has 0 aliphatic rings. The van der Waals surface area contributed by atoms with E-state index in [-0.39, 0.29) is 0 Å². The predicted octanol–water partition coefficient (Wildman–Crippen LogP) is 3.67. The second-order valence-corrected chi connectivity index (χ2v) is 4.50. The number of anilines is 1. The van der Waals surface area contributed by atoms with Gasteiger partial charge < -0.3 is 10.5 Å². The zero-order valence-corrected chi connectivity index (χ0v) is 9.78. The minimum atomic E-state index is 0.633. The molecular formula is C13H10N2OS. The van der Waals surface area contributed by atoms with Crippen molar-refractivity contribution in [2.75, 3.05) is 5.73 Å². The second-order valence-electron chi connectivity index (χ2n) is 3.58. The summed E-state index contributed by atoms with van der Waals surface area (Å²) in [5.74, 6) is 1.47. The quantitative estimate of drug-likeness (QED) is 0.697. The van der Waals surface area contributed by atoms with Gasteiger partial charge in [-0.05, 0) is 23.6 Å². The van der Waals surface area contributed by atoms with Crippen LogP contribution in [-0.4, -0.2) is 4.98 Å². The van der Waals surface area contributed by atoms with Gasteiger partial charge in [-0.25, -0.2) is 0 Å². The molecule has 0 atom stereocenters. The van der Waals surface area contributed by atoms with Gasteiger partial charge in [-0.15, -0.1) is 11.3 Å². The average Bonchev–Trinajstić information content (AvgIpc) is 2.81. The van der Waals surface area contributed by atoms with Gasteiger partial charge in [-0.3, -0.25) is 4.98 Å². The summed E-state index contributed by atoms with van der Waals surface area (Å²) in [6.45, 7) is 0. The number of para-hydroxylation sites is 2. The largest absolute Gasteiger partial charge is 0.454 e. The van der Waals surface area contributed by atoms with E-state index in [9.17, 15) is 0 Å². The molecule has 0 aliphatic heterocycles. The number of aromatic nitrogens is 1. The fourth-order valence-electron chi connectivity index (χ4n) is 1.62. The number of nitrogens with two attached hydrogens (primary N) is 1. The number of hydrogen-bond acceptors (Lipinski definition) is 4. The van der Waals surface area contributed by atoms with Gasteiger partial charge in [-0.2, -0.15) is 0 Å². The topological polar surface area (TPSA) is 48.1 Å². The van der Waals surface area contributed by atoms with Crippen LogP contribution in [0.25, 0.3) is 10.2 Å². The monoisotopic (exact) mass is 242 g/mol. The van der Waals surface area contributed by atoms with Crippen LogP contribution in [0.5, 0.6) is 11.5 Å². The maximum absolute atomic E-state index is 5.85. The number of fused-ring (bicyclic) bond motifs is 1. The Labute approximate surface area is 102 Å². The molecule has 0 saturated carbocycles. The molecule has 84 valence electrons. The number of nitrogens with zero attached hydrogens (tertiary/aromatic N) is 1. The highest BCUT2D eigenvalue weighted by molar-refractivity contribution is 7.17. The number of hydrogen-bond donors (Lipinski definition) is 1. The molecule has 4 heteroatoms. The van der Waals surface area contributed by atoms with Crippen molar-refractivity contribution in [2.45, 2.75) is 0 Å². The molecule has 2 aromatic heterocycles. The Morgan fingerprint density at radius 1 is 1.06 bits per heavy atom. The Hall–Kier alpha value is -2.07. The van der Waals surface area contributed by atoms with E-state index in [1.54, 1.807) is 17.5 Å². The fourth-order valence-corrected chi connectivity index (χ4v) is 2.42. The van der Waals surface area contributed by atoms with E-state index >= 15 is 0 Å². The van der Waals surface area contributed by atoms with Crippen molar-refractivity contribution in [3.05, 3.63) is 48.0 Å². The number of thiophene rings is 1. The van der Waals surface area contributed by atoms with Crippen LogP contribution < -0.4 is 10.5 Å². The molecule has 0 saturated heterocycles. The zero-order valence-electron chi connectivity index (χ0n) is 8.96. The number of ether oxygens (including phenoxy) is 1. The SMILES string of the molecule is Nc1ccccc1Oc1ccnc2ccsc12. The van der Waals surface area contributed by atoms with Gasteiger partial charge in [-0.1, -0.05) is 12.1 Å². The summed E-state index contributed by atoms with van der Waals surface area (Å²) in [5, 5.41) is 2.00. The molecule has 0 fully saturated rings. The summed E-state index contributed by atoms with van der Waals surface area (Å²) in [6.07, 6.45) is 1.74. The fraction of sp³-hybridized carbons (Fsp3) is 0. The second kappa shape index (κ2) is 4.07. The molecule has 1 aromatic carbocycles. The maximum atomic E-state index is 5.85. The molecule has 0 spiro atoms. The van der Waals surface area contributed by atoms with Crippen molar-refractivity contribution in [2.24, 2.45) is 0 Å². The Bertz CT molecular complexity index is 663. The van der Waals surface area contributed by atoms with Gasteiger partial charge in [0.25, 0.3) is 0 Å². The third-order valence-electron chi connectivity index (χ3n) is 2.45. The van der Waals surface area contributed by atoms with Gasteiger partial charge in [0.15, 0.2) is 0 Å². The van der Waals surface area contributed by atoms with Crippen molar-refractivity contribution in [1.29, 1.82) is 0 Å². The third kappa shape index (κ3) is 1.83. The van der Waals surface area contributed by atoms with Crippen molar-refractivity contribution >= 4 is 27.2 Å². The van der Waals surface area contributed by atoms with Crippen molar-refractivity contribution in [3.8, 4) is 11.5 Å². The van der Waals surface area contributed by atoms with Crippen LogP contribution in [0.3, 0.4) is 0 Å². The number of nitrogen functional groups attached to an aromatic ring is 1. The molecule has 3 aromatic rings. The Balaban J connectivity index is 2.06. The van der Waals surface area contributed by atoms with Crippen molar-refractivity contribution in [3.63, 3.8) is 0 Å². The Morgan fingerprint density at radius 2 is 1.94 bits per heavy atom. The van der Waals surface area contributed by atoms with Crippen LogP contribution >= 0.6 is 11.3 Å². The highest BCUT2D eigenvalue weighted by Gasteiger charge is 2.06. The van der Waals surface area contributed by atoms with E-state index < -0.39 is 0 Å². The lowest BCUT2D eigenvalue weighted by Crippen LogP contribution is -1.91. The molecule has 0 amide bonds. The predicted molar refractivity (Wildman–Crippen MR) is 70.5 cm³/mol. The minimum Gasteiger partial charge on any atom is -0.454 e. The van der Waals surface area contributed by atoms with Crippen LogP contribution in [0.4, 0.5) is 5.69 Å². The summed E-state index contributed by atoms with van der Waals surface area (Å²) in [5.41, 5.74) is 7.43. The third-order valence-corrected chi connectivity index (χ3v) is 3.36. The minimum absolute atomic E-state index is 0.633. The highest BCUT2D eigenvalue weighted by Crippen LogP contribution is 2.34. The number of pyridine rings is 1. The van der Waals surface area contributed by atoms with Gasteiger partial charge in [0.05, 0.1) is 15.9 Å². The highest BCUT2D eigenvalue weighted by atomic mass is 32.1. The van der Waals surface area contributed by atoms with E-state index in [0.717, 1.165) is 16.0 Å². The van der Waals surface area contributed by atoms with Crippen LogP contribution in [0.15, 0.2) is 48.0 Å². The summed E-state index contributed by atoms with van der Waals surface area (Å²) >= 11 is 1.61. The first-order valence-electron chi connectivity index (χ1n) is 5.19. The normalized spacial score (nSPS) is 10.6. The maximum Gasteiger partial charge on any atom is 0.150 e. The summed E-state index contributed by atoms with van der Waals surface area (Å²) in [4.78, 5) is 4.27. The molecule has 3 rings (SSSR count). The first-order chi connectivity index (χ1) is 8.34. The average molecular weight is 242 g/mol. The van der Waals surface area contributed by atoms with Gasteiger partial charge in [0, 0.05) is 12.3 Å². The molecular weight excluding hydrogens is 232 g/mol. The molecule has 3 nitrogen and oxygen atoms in total. The van der Waals surface area contributed by atoms with E-state index in [4.69, 9.17) is 10.5 Å². The van der Waals surface area contributed by atoms with Gasteiger partial charge in [0.2, 0.25) is 0 Å². The Kier molecular flexibility index (Phi) is 2.42. The van der Waals surface area contributed by atoms with Crippen molar-refractivity contribution in [1.82, 2.24) is 4.98 Å². The van der Waals surface area contributed by atoms with Crippen molar-refractivity contribution < 1.29 is 4.74 Å². The molecule has 0 radical (unpaired) electrons. The zero-order chi connectivity index (χ0) is 11.7. The first-order valence-corrected chi connectivity index (χ1v) is 6.07. The van der Waals surface area contributed by atoms with E-state index in [0.29, 0.717) is 11.4 Å². The van der Waals surface area contributed by atoms with Crippen LogP contribution in [0, 0.1) is 0 Å². The molecule has 0 unspecified atom stereocenters. The van der Waals surface area contributed by atoms with Gasteiger partial charge in [0.1, 0.15) is 11.5 Å². The standard InChI is InChI=1S/C13H10N2OS/c14-9-3-1-2-4-11(9)16-12-5-7-15-10-6-8-17-13(10)12/h1-8H,14H2. The Morgan fingerprint density at radius 3 is 2.82 bits per heavy atom. The summed E-state index contributed by atoms with van der Waals surface area (Å²) < 4.78 is 6.86. The van der Waals surface area contributed by atoms with Crippen LogP contribution in [0.2, 0.25) is 0 Å². The first kappa shape index (κ1) is 10.1. The van der Waals surface area contributed by atoms with E-state index in [1.807, 2.05) is 41.8 Å². The van der Waals surface area contributed by atoms with Gasteiger partial charge >= 0.3 is 0 Å². The lowest BCUT2D eigenvalue weighted by Gasteiger charge is -2.08. The number of rotatable bonds is 2. The number of benzene rings is 1. The summed E-state index contributed by atoms with van der Waals surface area (Å²) in [6, 6.07) is 11.3. The molecule has 2 N–H and O–H groups in total. The lowest BCUT2D eigenvalue weighted by atomic mass is 10.3. The van der Waals surface area contributed by atoms with E-state index in [1.165, 1.54) is 0 Å². The molecule has 17 heavy (non-hydrogen) atoms. The summed E-state index contributed by atoms with van der Waals surface area (Å²) in [7, 11) is 0. The smallest absolute Gasteiger partial charge is 0.150 e. The van der Waals surface area contributed by atoms with E-state index in [2.05, 4.69) is 4.98 Å².